The Labute approximate surface area is 107 Å². The van der Waals surface area contributed by atoms with Gasteiger partial charge in [-0.25, -0.2) is 9.78 Å². The Balaban J connectivity index is 2.49. The molecule has 0 aliphatic rings. The highest BCUT2D eigenvalue weighted by Crippen LogP contribution is 2.32. The van der Waals surface area contributed by atoms with Crippen LogP contribution in [0.25, 0.3) is 10.6 Å². The highest BCUT2D eigenvalue weighted by molar-refractivity contribution is 7.17. The Hall–Kier alpha value is -1.46. The number of halogens is 1. The largest absolute Gasteiger partial charge is 0.465 e. The van der Waals surface area contributed by atoms with Crippen molar-refractivity contribution >= 4 is 28.9 Å². The number of rotatable bonds is 2. The van der Waals surface area contributed by atoms with Crippen molar-refractivity contribution in [3.8, 4) is 10.6 Å². The van der Waals surface area contributed by atoms with Crippen LogP contribution < -0.4 is 0 Å². The summed E-state index contributed by atoms with van der Waals surface area (Å²) in [7, 11) is 1.32. The lowest BCUT2D eigenvalue weighted by Crippen LogP contribution is -1.98. The van der Waals surface area contributed by atoms with Crippen LogP contribution in [0.3, 0.4) is 0 Å². The highest BCUT2D eigenvalue weighted by atomic mass is 35.5. The van der Waals surface area contributed by atoms with Gasteiger partial charge >= 0.3 is 5.97 Å². The molecule has 88 valence electrons. The van der Waals surface area contributed by atoms with E-state index in [0.717, 1.165) is 11.1 Å². The summed E-state index contributed by atoms with van der Waals surface area (Å²) in [6.45, 7) is 1.93. The van der Waals surface area contributed by atoms with Gasteiger partial charge in [-0.3, -0.25) is 4.98 Å². The van der Waals surface area contributed by atoms with E-state index in [-0.39, 0.29) is 5.15 Å². The zero-order valence-corrected chi connectivity index (χ0v) is 10.8. The molecule has 0 atom stereocenters. The van der Waals surface area contributed by atoms with Crippen LogP contribution in [-0.2, 0) is 4.74 Å². The summed E-state index contributed by atoms with van der Waals surface area (Å²) in [4.78, 5) is 19.9. The van der Waals surface area contributed by atoms with Crippen molar-refractivity contribution in [3.05, 3.63) is 34.1 Å². The summed E-state index contributed by atoms with van der Waals surface area (Å²) in [6.07, 6.45) is 3.41. The molecule has 4 nitrogen and oxygen atoms in total. The Bertz CT molecular complexity index is 568. The van der Waals surface area contributed by atoms with Crippen LogP contribution in [0.1, 0.15) is 15.2 Å². The van der Waals surface area contributed by atoms with E-state index in [1.54, 1.807) is 12.4 Å². The molecule has 0 aliphatic carbocycles. The van der Waals surface area contributed by atoms with E-state index in [1.165, 1.54) is 18.4 Å². The zero-order chi connectivity index (χ0) is 12.4. The van der Waals surface area contributed by atoms with Gasteiger partial charge in [-0.15, -0.1) is 11.3 Å². The van der Waals surface area contributed by atoms with E-state index in [1.807, 2.05) is 13.0 Å². The first-order valence-electron chi connectivity index (χ1n) is 4.79. The molecule has 0 saturated heterocycles. The Kier molecular flexibility index (Phi) is 3.40. The molecule has 2 aromatic heterocycles. The molecular weight excluding hydrogens is 260 g/mol. The van der Waals surface area contributed by atoms with Gasteiger partial charge in [-0.1, -0.05) is 11.6 Å². The minimum atomic E-state index is -0.467. The van der Waals surface area contributed by atoms with E-state index in [4.69, 9.17) is 11.6 Å². The van der Waals surface area contributed by atoms with Gasteiger partial charge in [0, 0.05) is 18.0 Å². The maximum Gasteiger partial charge on any atom is 0.351 e. The van der Waals surface area contributed by atoms with Crippen molar-refractivity contribution in [2.24, 2.45) is 0 Å². The molecule has 0 fully saturated rings. The number of esters is 1. The van der Waals surface area contributed by atoms with Gasteiger partial charge in [-0.2, -0.15) is 0 Å². The summed E-state index contributed by atoms with van der Waals surface area (Å²) < 4.78 is 4.63. The third-order valence-corrected chi connectivity index (χ3v) is 3.66. The molecule has 0 saturated carbocycles. The Morgan fingerprint density at radius 1 is 1.53 bits per heavy atom. The molecule has 0 unspecified atom stereocenters. The van der Waals surface area contributed by atoms with E-state index in [9.17, 15) is 4.79 Å². The predicted molar refractivity (Wildman–Crippen MR) is 66.4 cm³/mol. The molecular formula is C11H9ClN2O2S. The molecule has 0 spiro atoms. The van der Waals surface area contributed by atoms with Crippen LogP contribution in [0.5, 0.6) is 0 Å². The average molecular weight is 269 g/mol. The number of ether oxygens (including phenoxy) is 1. The van der Waals surface area contributed by atoms with Gasteiger partial charge in [0.25, 0.3) is 0 Å². The first-order valence-corrected chi connectivity index (χ1v) is 5.98. The van der Waals surface area contributed by atoms with Crippen LogP contribution in [0.2, 0.25) is 5.15 Å². The van der Waals surface area contributed by atoms with Crippen molar-refractivity contribution in [1.82, 2.24) is 9.97 Å². The predicted octanol–water partition coefficient (Wildman–Crippen LogP) is 2.95. The molecule has 6 heteroatoms. The smallest absolute Gasteiger partial charge is 0.351 e. The fourth-order valence-corrected chi connectivity index (χ4v) is 2.64. The van der Waals surface area contributed by atoms with Crippen molar-refractivity contribution < 1.29 is 9.53 Å². The summed E-state index contributed by atoms with van der Waals surface area (Å²) in [5.41, 5.74) is 1.90. The van der Waals surface area contributed by atoms with E-state index in [0.29, 0.717) is 9.88 Å². The van der Waals surface area contributed by atoms with Crippen LogP contribution in [0.4, 0.5) is 0 Å². The number of pyridine rings is 1. The number of hydrogen-bond donors (Lipinski definition) is 0. The number of carbonyl (C=O) groups is 1. The fraction of sp³-hybridized carbons (Fsp3) is 0.182. The summed E-state index contributed by atoms with van der Waals surface area (Å²) in [5, 5.41) is 0.864. The van der Waals surface area contributed by atoms with E-state index in [2.05, 4.69) is 14.7 Å². The van der Waals surface area contributed by atoms with Gasteiger partial charge in [0.1, 0.15) is 5.01 Å². The fourth-order valence-electron chi connectivity index (χ4n) is 1.35. The molecule has 17 heavy (non-hydrogen) atoms. The third kappa shape index (κ3) is 2.30. The second kappa shape index (κ2) is 4.81. The minimum Gasteiger partial charge on any atom is -0.465 e. The lowest BCUT2D eigenvalue weighted by Gasteiger charge is -1.99. The molecule has 2 aromatic rings. The lowest BCUT2D eigenvalue weighted by molar-refractivity contribution is 0.0606. The SMILES string of the molecule is COC(=O)c1sc(-c2ccncc2C)nc1Cl. The first-order chi connectivity index (χ1) is 8.13. The van der Waals surface area contributed by atoms with Crippen molar-refractivity contribution in [1.29, 1.82) is 0 Å². The Morgan fingerprint density at radius 2 is 2.29 bits per heavy atom. The number of hydrogen-bond acceptors (Lipinski definition) is 5. The molecule has 0 amide bonds. The van der Waals surface area contributed by atoms with Crippen LogP contribution >= 0.6 is 22.9 Å². The highest BCUT2D eigenvalue weighted by Gasteiger charge is 2.18. The molecule has 2 heterocycles. The molecule has 0 aliphatic heterocycles. The number of nitrogens with zero attached hydrogens (tertiary/aromatic N) is 2. The maximum absolute atomic E-state index is 11.4. The van der Waals surface area contributed by atoms with Crippen molar-refractivity contribution in [2.45, 2.75) is 6.92 Å². The Morgan fingerprint density at radius 3 is 2.94 bits per heavy atom. The number of thiazole rings is 1. The van der Waals surface area contributed by atoms with Crippen LogP contribution in [-0.4, -0.2) is 23.0 Å². The summed E-state index contributed by atoms with van der Waals surface area (Å²) >= 11 is 7.12. The monoisotopic (exact) mass is 268 g/mol. The van der Waals surface area contributed by atoms with E-state index < -0.39 is 5.97 Å². The van der Waals surface area contributed by atoms with Crippen LogP contribution in [0, 0.1) is 6.92 Å². The lowest BCUT2D eigenvalue weighted by atomic mass is 10.2. The van der Waals surface area contributed by atoms with E-state index >= 15 is 0 Å². The maximum atomic E-state index is 11.4. The summed E-state index contributed by atoms with van der Waals surface area (Å²) in [5.74, 6) is -0.467. The van der Waals surface area contributed by atoms with Crippen molar-refractivity contribution in [3.63, 3.8) is 0 Å². The normalized spacial score (nSPS) is 10.3. The standard InChI is InChI=1S/C11H9ClN2O2S/c1-6-5-13-4-3-7(6)10-14-9(12)8(17-10)11(15)16-2/h3-5H,1-2H3. The first kappa shape index (κ1) is 12.0. The number of methoxy groups -OCH3 is 1. The minimum absolute atomic E-state index is 0.174. The molecule has 0 N–H and O–H groups in total. The molecule has 0 aromatic carbocycles. The van der Waals surface area contributed by atoms with Gasteiger partial charge in [0.2, 0.25) is 0 Å². The third-order valence-electron chi connectivity index (χ3n) is 2.21. The number of aryl methyl sites for hydroxylation is 1. The van der Waals surface area contributed by atoms with Crippen molar-refractivity contribution in [2.75, 3.05) is 7.11 Å². The quantitative estimate of drug-likeness (QED) is 0.786. The van der Waals surface area contributed by atoms with Gasteiger partial charge in [0.05, 0.1) is 7.11 Å². The van der Waals surface area contributed by atoms with Gasteiger partial charge in [0.15, 0.2) is 10.0 Å². The topological polar surface area (TPSA) is 52.1 Å². The molecule has 0 radical (unpaired) electrons. The van der Waals surface area contributed by atoms with Gasteiger partial charge < -0.3 is 4.74 Å². The second-order valence-electron chi connectivity index (χ2n) is 3.32. The second-order valence-corrected chi connectivity index (χ2v) is 4.68. The zero-order valence-electron chi connectivity index (χ0n) is 9.23. The molecule has 0 bridgehead atoms. The van der Waals surface area contributed by atoms with Crippen LogP contribution in [0.15, 0.2) is 18.5 Å². The number of carbonyl (C=O) groups excluding carboxylic acids is 1. The average Bonchev–Trinajstić information content (AvgIpc) is 2.71. The molecule has 2 rings (SSSR count). The summed E-state index contributed by atoms with van der Waals surface area (Å²) in [6, 6.07) is 1.84. The number of aromatic nitrogens is 2. The van der Waals surface area contributed by atoms with Gasteiger partial charge in [-0.05, 0) is 18.6 Å².